The highest BCUT2D eigenvalue weighted by Crippen LogP contribution is 2.30. The van der Waals surface area contributed by atoms with Crippen LogP contribution in [-0.4, -0.2) is 8.42 Å². The second-order valence-corrected chi connectivity index (χ2v) is 6.61. The van der Waals surface area contributed by atoms with Crippen LogP contribution in [0.5, 0.6) is 0 Å². The van der Waals surface area contributed by atoms with Crippen molar-refractivity contribution < 1.29 is 8.42 Å². The van der Waals surface area contributed by atoms with Crippen LogP contribution in [0.4, 0.5) is 0 Å². The molecule has 0 aromatic heterocycles. The number of halogens is 3. The normalized spacial score (nSPS) is 11.0. The summed E-state index contributed by atoms with van der Waals surface area (Å²) < 4.78 is 23.1. The van der Waals surface area contributed by atoms with E-state index >= 15 is 0 Å². The van der Waals surface area contributed by atoms with Crippen LogP contribution in [0.15, 0.2) is 26.0 Å². The molecule has 0 radical (unpaired) electrons. The second-order valence-electron chi connectivity index (χ2n) is 2.31. The maximum Gasteiger partial charge on any atom is 0.262 e. The predicted molar refractivity (Wildman–Crippen MR) is 59.6 cm³/mol. The van der Waals surface area contributed by atoms with Crippen LogP contribution in [0, 0.1) is 11.3 Å². The molecule has 0 N–H and O–H groups in total. The second kappa shape index (κ2) is 4.19. The minimum atomic E-state index is -3.90. The summed E-state index contributed by atoms with van der Waals surface area (Å²) in [6.07, 6.45) is 0. The van der Waals surface area contributed by atoms with Gasteiger partial charge in [0.1, 0.15) is 11.0 Å². The minimum Gasteiger partial charge on any atom is -0.207 e. The van der Waals surface area contributed by atoms with Gasteiger partial charge in [0.15, 0.2) is 0 Å². The van der Waals surface area contributed by atoms with Gasteiger partial charge in [-0.15, -0.1) is 0 Å². The van der Waals surface area contributed by atoms with Crippen LogP contribution in [0.25, 0.3) is 0 Å². The van der Waals surface area contributed by atoms with E-state index in [1.165, 1.54) is 6.07 Å². The molecule has 1 aromatic carbocycles. The molecule has 0 saturated heterocycles. The van der Waals surface area contributed by atoms with Gasteiger partial charge in [-0.25, -0.2) is 8.42 Å². The molecule has 0 unspecified atom stereocenters. The van der Waals surface area contributed by atoms with E-state index in [1.807, 2.05) is 0 Å². The fourth-order valence-electron chi connectivity index (χ4n) is 0.851. The first kappa shape index (κ1) is 12.0. The number of benzene rings is 1. The monoisotopic (exact) mass is 357 g/mol. The summed E-state index contributed by atoms with van der Waals surface area (Å²) in [4.78, 5) is -0.206. The third kappa shape index (κ3) is 2.48. The topological polar surface area (TPSA) is 57.9 Å². The van der Waals surface area contributed by atoms with E-state index in [9.17, 15) is 8.42 Å². The Bertz CT molecular complexity index is 521. The molecule has 0 atom stereocenters. The van der Waals surface area contributed by atoms with E-state index in [4.69, 9.17) is 15.9 Å². The SMILES string of the molecule is N#Cc1c(Br)cc(Br)cc1S(=O)(=O)Cl. The maximum absolute atomic E-state index is 11.1. The van der Waals surface area contributed by atoms with E-state index in [0.29, 0.717) is 8.95 Å². The van der Waals surface area contributed by atoms with Crippen LogP contribution in [-0.2, 0) is 9.05 Å². The van der Waals surface area contributed by atoms with Crippen LogP contribution in [0.2, 0.25) is 0 Å². The standard InChI is InChI=1S/C7H2Br2ClNO2S/c8-4-1-6(9)5(3-11)7(2-4)14(10,12)13/h1-2H. The van der Waals surface area contributed by atoms with E-state index in [0.717, 1.165) is 0 Å². The van der Waals surface area contributed by atoms with Crippen molar-refractivity contribution >= 4 is 51.6 Å². The summed E-state index contributed by atoms with van der Waals surface area (Å²) >= 11 is 6.18. The van der Waals surface area contributed by atoms with Crippen molar-refractivity contribution in [2.45, 2.75) is 4.90 Å². The first-order valence-electron chi connectivity index (χ1n) is 3.20. The third-order valence-corrected chi connectivity index (χ3v) is 3.82. The minimum absolute atomic E-state index is 0.00296. The number of hydrogen-bond acceptors (Lipinski definition) is 3. The summed E-state index contributed by atoms with van der Waals surface area (Å²) in [6, 6.07) is 4.62. The van der Waals surface area contributed by atoms with Gasteiger partial charge in [0.2, 0.25) is 0 Å². The van der Waals surface area contributed by atoms with Gasteiger partial charge in [0, 0.05) is 19.6 Å². The molecule has 3 nitrogen and oxygen atoms in total. The molecule has 0 aliphatic heterocycles. The van der Waals surface area contributed by atoms with Crippen LogP contribution < -0.4 is 0 Å². The van der Waals surface area contributed by atoms with Crippen LogP contribution >= 0.6 is 42.5 Å². The lowest BCUT2D eigenvalue weighted by Gasteiger charge is -2.02. The van der Waals surface area contributed by atoms with Gasteiger partial charge in [0.05, 0.1) is 5.56 Å². The van der Waals surface area contributed by atoms with Crippen molar-refractivity contribution in [3.8, 4) is 6.07 Å². The molecule has 0 fully saturated rings. The highest BCUT2D eigenvalue weighted by molar-refractivity contribution is 9.11. The fraction of sp³-hybridized carbons (Fsp3) is 0. The molecule has 1 aromatic rings. The predicted octanol–water partition coefficient (Wildman–Crippen LogP) is 3.01. The van der Waals surface area contributed by atoms with E-state index in [1.54, 1.807) is 12.1 Å². The summed E-state index contributed by atoms with van der Waals surface area (Å²) in [5.41, 5.74) is 0.00296. The lowest BCUT2D eigenvalue weighted by molar-refractivity contribution is 0.609. The van der Waals surface area contributed by atoms with E-state index in [2.05, 4.69) is 31.9 Å². The average Bonchev–Trinajstić information content (AvgIpc) is 2.01. The lowest BCUT2D eigenvalue weighted by atomic mass is 10.2. The van der Waals surface area contributed by atoms with E-state index in [-0.39, 0.29) is 10.5 Å². The summed E-state index contributed by atoms with van der Waals surface area (Å²) in [7, 11) is 1.27. The Morgan fingerprint density at radius 3 is 2.36 bits per heavy atom. The molecular weight excluding hydrogens is 357 g/mol. The van der Waals surface area contributed by atoms with Crippen molar-refractivity contribution in [2.75, 3.05) is 0 Å². The van der Waals surface area contributed by atoms with Gasteiger partial charge in [0.25, 0.3) is 9.05 Å². The van der Waals surface area contributed by atoms with Gasteiger partial charge in [-0.1, -0.05) is 15.9 Å². The number of nitrogens with zero attached hydrogens (tertiary/aromatic N) is 1. The largest absolute Gasteiger partial charge is 0.262 e. The summed E-state index contributed by atoms with van der Waals surface area (Å²) in [5.74, 6) is 0. The highest BCUT2D eigenvalue weighted by Gasteiger charge is 2.18. The van der Waals surface area contributed by atoms with Gasteiger partial charge in [-0.05, 0) is 28.1 Å². The van der Waals surface area contributed by atoms with Gasteiger partial charge in [-0.2, -0.15) is 5.26 Å². The Morgan fingerprint density at radius 1 is 1.36 bits per heavy atom. The lowest BCUT2D eigenvalue weighted by Crippen LogP contribution is -1.96. The molecule has 1 rings (SSSR count). The maximum atomic E-state index is 11.1. The molecule has 7 heteroatoms. The van der Waals surface area contributed by atoms with Crippen molar-refractivity contribution in [3.05, 3.63) is 26.6 Å². The van der Waals surface area contributed by atoms with Crippen LogP contribution in [0.1, 0.15) is 5.56 Å². The highest BCUT2D eigenvalue weighted by atomic mass is 79.9. The number of rotatable bonds is 1. The van der Waals surface area contributed by atoms with Gasteiger partial charge < -0.3 is 0 Å². The molecule has 0 aliphatic rings. The molecule has 0 bridgehead atoms. The Kier molecular flexibility index (Phi) is 3.58. The molecule has 0 saturated carbocycles. The molecule has 0 aliphatic carbocycles. The first-order chi connectivity index (χ1) is 6.36. The summed E-state index contributed by atoms with van der Waals surface area (Å²) in [5, 5.41) is 8.74. The van der Waals surface area contributed by atoms with Crippen molar-refractivity contribution in [3.63, 3.8) is 0 Å². The number of hydrogen-bond donors (Lipinski definition) is 0. The average molecular weight is 359 g/mol. The Morgan fingerprint density at radius 2 is 1.93 bits per heavy atom. The van der Waals surface area contributed by atoms with E-state index < -0.39 is 9.05 Å². The summed E-state index contributed by atoms with van der Waals surface area (Å²) in [6.45, 7) is 0. The Hall–Kier alpha value is -0.0900. The molecule has 14 heavy (non-hydrogen) atoms. The smallest absolute Gasteiger partial charge is 0.207 e. The molecule has 0 heterocycles. The van der Waals surface area contributed by atoms with Crippen molar-refractivity contribution in [1.29, 1.82) is 5.26 Å². The fourth-order valence-corrected chi connectivity index (χ4v) is 3.48. The van der Waals surface area contributed by atoms with Gasteiger partial charge in [-0.3, -0.25) is 0 Å². The first-order valence-corrected chi connectivity index (χ1v) is 7.09. The van der Waals surface area contributed by atoms with Crippen molar-refractivity contribution in [1.82, 2.24) is 0 Å². The zero-order valence-electron chi connectivity index (χ0n) is 6.46. The quantitative estimate of drug-likeness (QED) is 0.724. The zero-order chi connectivity index (χ0) is 10.9. The Labute approximate surface area is 102 Å². The van der Waals surface area contributed by atoms with Gasteiger partial charge >= 0.3 is 0 Å². The Balaban J connectivity index is 3.68. The third-order valence-electron chi connectivity index (χ3n) is 1.39. The van der Waals surface area contributed by atoms with Crippen LogP contribution in [0.3, 0.4) is 0 Å². The van der Waals surface area contributed by atoms with Crippen molar-refractivity contribution in [2.24, 2.45) is 0 Å². The molecule has 0 amide bonds. The number of nitriles is 1. The molecular formula is C7H2Br2ClNO2S. The molecule has 0 spiro atoms. The molecule has 74 valence electrons. The zero-order valence-corrected chi connectivity index (χ0v) is 11.2.